The molecular formula is C33H35N7O2. The summed E-state index contributed by atoms with van der Waals surface area (Å²) in [7, 11) is 0. The van der Waals surface area contributed by atoms with E-state index in [2.05, 4.69) is 46.7 Å². The predicted molar refractivity (Wildman–Crippen MR) is 167 cm³/mol. The number of anilines is 3. The third-order valence-corrected chi connectivity index (χ3v) is 7.22. The maximum atomic E-state index is 13.3. The molecule has 2 aromatic heterocycles. The Morgan fingerprint density at radius 2 is 1.74 bits per heavy atom. The lowest BCUT2D eigenvalue weighted by Gasteiger charge is -2.14. The summed E-state index contributed by atoms with van der Waals surface area (Å²) < 4.78 is 7.95. The van der Waals surface area contributed by atoms with Crippen LogP contribution in [0.25, 0.3) is 16.5 Å². The van der Waals surface area contributed by atoms with E-state index in [4.69, 9.17) is 9.84 Å². The second kappa shape index (κ2) is 11.2. The SMILES string of the molecule is Cc1ccc(-n2nc(C(C)(C)C)cc2NC(=O)Nc2ccc(Oc3ccnc(NCC4CC4)n3)c3ccccc23)cc1. The molecule has 3 aromatic carbocycles. The minimum Gasteiger partial charge on any atom is -0.438 e. The fourth-order valence-electron chi connectivity index (χ4n) is 4.61. The number of urea groups is 1. The largest absolute Gasteiger partial charge is 0.438 e. The molecule has 0 radical (unpaired) electrons. The average Bonchev–Trinajstić information content (AvgIpc) is 3.71. The zero-order chi connectivity index (χ0) is 29.3. The van der Waals surface area contributed by atoms with E-state index >= 15 is 0 Å². The van der Waals surface area contributed by atoms with Crippen molar-refractivity contribution in [2.24, 2.45) is 5.92 Å². The van der Waals surface area contributed by atoms with Crippen LogP contribution < -0.4 is 20.7 Å². The van der Waals surface area contributed by atoms with Crippen molar-refractivity contribution in [3.63, 3.8) is 0 Å². The van der Waals surface area contributed by atoms with Crippen molar-refractivity contribution in [1.82, 2.24) is 19.7 Å². The quantitative estimate of drug-likeness (QED) is 0.179. The highest BCUT2D eigenvalue weighted by Gasteiger charge is 2.22. The number of rotatable bonds is 8. The van der Waals surface area contributed by atoms with Crippen molar-refractivity contribution in [2.45, 2.75) is 46.0 Å². The van der Waals surface area contributed by atoms with Gasteiger partial charge in [0.05, 0.1) is 17.1 Å². The minimum atomic E-state index is -0.371. The third kappa shape index (κ3) is 6.20. The first-order chi connectivity index (χ1) is 20.2. The molecule has 2 heterocycles. The Morgan fingerprint density at radius 3 is 2.48 bits per heavy atom. The van der Waals surface area contributed by atoms with Crippen LogP contribution in [0.5, 0.6) is 11.6 Å². The first-order valence-corrected chi connectivity index (χ1v) is 14.2. The van der Waals surface area contributed by atoms with Crippen molar-refractivity contribution >= 4 is 34.3 Å². The lowest BCUT2D eigenvalue weighted by Crippen LogP contribution is -2.21. The van der Waals surface area contributed by atoms with Gasteiger partial charge in [-0.15, -0.1) is 0 Å². The van der Waals surface area contributed by atoms with Crippen molar-refractivity contribution in [3.8, 4) is 17.3 Å². The van der Waals surface area contributed by atoms with E-state index in [1.807, 2.05) is 73.7 Å². The molecule has 6 rings (SSSR count). The number of amides is 2. The summed E-state index contributed by atoms with van der Waals surface area (Å²) in [5, 5.41) is 15.8. The molecule has 0 aliphatic heterocycles. The summed E-state index contributed by atoms with van der Waals surface area (Å²) in [5.41, 5.74) is 3.36. The van der Waals surface area contributed by atoms with Crippen LogP contribution in [-0.4, -0.2) is 32.3 Å². The van der Waals surface area contributed by atoms with E-state index < -0.39 is 0 Å². The lowest BCUT2D eigenvalue weighted by molar-refractivity contribution is 0.262. The predicted octanol–water partition coefficient (Wildman–Crippen LogP) is 7.68. The van der Waals surface area contributed by atoms with Crippen LogP contribution in [0.15, 0.2) is 79.0 Å². The van der Waals surface area contributed by atoms with Gasteiger partial charge in [-0.25, -0.2) is 14.5 Å². The van der Waals surface area contributed by atoms with Gasteiger partial charge in [-0.05, 0) is 49.9 Å². The Hall–Kier alpha value is -4.92. The molecule has 0 bridgehead atoms. The molecule has 1 aliphatic rings. The normalized spacial score (nSPS) is 13.1. The van der Waals surface area contributed by atoms with Gasteiger partial charge in [-0.3, -0.25) is 5.32 Å². The van der Waals surface area contributed by atoms with E-state index in [1.165, 1.54) is 12.8 Å². The van der Waals surface area contributed by atoms with Crippen molar-refractivity contribution in [1.29, 1.82) is 0 Å². The number of fused-ring (bicyclic) bond motifs is 1. The fraction of sp³-hybridized carbons (Fsp3) is 0.273. The average molecular weight is 562 g/mol. The molecule has 42 heavy (non-hydrogen) atoms. The van der Waals surface area contributed by atoms with Crippen LogP contribution in [0.1, 0.15) is 44.9 Å². The Balaban J connectivity index is 1.23. The van der Waals surface area contributed by atoms with Crippen LogP contribution >= 0.6 is 0 Å². The maximum absolute atomic E-state index is 13.3. The molecule has 0 atom stereocenters. The molecule has 2 amide bonds. The topological polar surface area (TPSA) is 106 Å². The number of nitrogens with one attached hydrogen (secondary N) is 3. The molecule has 214 valence electrons. The summed E-state index contributed by atoms with van der Waals surface area (Å²) in [5.74, 6) is 2.93. The second-order valence-corrected chi connectivity index (χ2v) is 11.8. The van der Waals surface area contributed by atoms with E-state index in [1.54, 1.807) is 16.9 Å². The molecule has 5 aromatic rings. The van der Waals surface area contributed by atoms with E-state index in [0.717, 1.165) is 34.3 Å². The molecular weight excluding hydrogens is 526 g/mol. The Bertz CT molecular complexity index is 1730. The van der Waals surface area contributed by atoms with Gasteiger partial charge in [-0.1, -0.05) is 62.7 Å². The number of carbonyl (C=O) groups excluding carboxylic acids is 1. The van der Waals surface area contributed by atoms with Gasteiger partial charge in [0, 0.05) is 41.1 Å². The van der Waals surface area contributed by atoms with Gasteiger partial charge < -0.3 is 15.4 Å². The van der Waals surface area contributed by atoms with E-state index in [-0.39, 0.29) is 11.4 Å². The van der Waals surface area contributed by atoms with Crippen molar-refractivity contribution in [2.75, 3.05) is 22.5 Å². The molecule has 0 unspecified atom stereocenters. The Morgan fingerprint density at radius 1 is 0.976 bits per heavy atom. The highest BCUT2D eigenvalue weighted by Crippen LogP contribution is 2.35. The number of benzene rings is 3. The van der Waals surface area contributed by atoms with E-state index in [0.29, 0.717) is 35.0 Å². The van der Waals surface area contributed by atoms with Crippen LogP contribution in [0.4, 0.5) is 22.2 Å². The highest BCUT2D eigenvalue weighted by molar-refractivity contribution is 6.07. The van der Waals surface area contributed by atoms with Gasteiger partial charge in [0.25, 0.3) is 0 Å². The summed E-state index contributed by atoms with van der Waals surface area (Å²) >= 11 is 0. The molecule has 3 N–H and O–H groups in total. The highest BCUT2D eigenvalue weighted by atomic mass is 16.5. The molecule has 0 saturated heterocycles. The fourth-order valence-corrected chi connectivity index (χ4v) is 4.61. The number of hydrogen-bond donors (Lipinski definition) is 3. The zero-order valence-corrected chi connectivity index (χ0v) is 24.3. The number of nitrogens with zero attached hydrogens (tertiary/aromatic N) is 4. The van der Waals surface area contributed by atoms with Gasteiger partial charge >= 0.3 is 6.03 Å². The van der Waals surface area contributed by atoms with Gasteiger partial charge in [-0.2, -0.15) is 10.1 Å². The Kier molecular flexibility index (Phi) is 7.24. The summed E-state index contributed by atoms with van der Waals surface area (Å²) in [6.07, 6.45) is 4.19. The molecule has 9 nitrogen and oxygen atoms in total. The van der Waals surface area contributed by atoms with Crippen LogP contribution in [0.2, 0.25) is 0 Å². The number of hydrogen-bond acceptors (Lipinski definition) is 6. The molecule has 1 fully saturated rings. The monoisotopic (exact) mass is 561 g/mol. The molecule has 1 saturated carbocycles. The zero-order valence-electron chi connectivity index (χ0n) is 24.3. The summed E-state index contributed by atoms with van der Waals surface area (Å²) in [6.45, 7) is 9.21. The molecule has 1 aliphatic carbocycles. The third-order valence-electron chi connectivity index (χ3n) is 7.22. The number of aromatic nitrogens is 4. The smallest absolute Gasteiger partial charge is 0.324 e. The second-order valence-electron chi connectivity index (χ2n) is 11.8. The minimum absolute atomic E-state index is 0.188. The molecule has 9 heteroatoms. The summed E-state index contributed by atoms with van der Waals surface area (Å²) in [6, 6.07) is 22.8. The first-order valence-electron chi connectivity index (χ1n) is 14.2. The Labute approximate surface area is 245 Å². The summed E-state index contributed by atoms with van der Waals surface area (Å²) in [4.78, 5) is 22.2. The van der Waals surface area contributed by atoms with Crippen LogP contribution in [0.3, 0.4) is 0 Å². The lowest BCUT2D eigenvalue weighted by atomic mass is 9.92. The standard InChI is InChI=1S/C33H35N7O2/c1-21-9-13-23(14-10-21)40-29(19-28(39-40)33(2,3)4)37-32(41)36-26-15-16-27(25-8-6-5-7-24(25)26)42-30-17-18-34-31(38-30)35-20-22-11-12-22/h5-10,13-19,22H,11-12,20H2,1-4H3,(H,34,35,38)(H2,36,37,41). The van der Waals surface area contributed by atoms with Crippen LogP contribution in [-0.2, 0) is 5.41 Å². The van der Waals surface area contributed by atoms with E-state index in [9.17, 15) is 4.79 Å². The van der Waals surface area contributed by atoms with Gasteiger partial charge in [0.2, 0.25) is 11.8 Å². The van der Waals surface area contributed by atoms with Gasteiger partial charge in [0.15, 0.2) is 0 Å². The molecule has 0 spiro atoms. The van der Waals surface area contributed by atoms with Crippen molar-refractivity contribution in [3.05, 3.63) is 90.3 Å². The number of aryl methyl sites for hydroxylation is 1. The van der Waals surface area contributed by atoms with Crippen LogP contribution in [0, 0.1) is 12.8 Å². The van der Waals surface area contributed by atoms with Crippen molar-refractivity contribution < 1.29 is 9.53 Å². The number of ether oxygens (including phenoxy) is 1. The first kappa shape index (κ1) is 27.3. The van der Waals surface area contributed by atoms with Gasteiger partial charge in [0.1, 0.15) is 11.6 Å². The number of carbonyl (C=O) groups is 1. The maximum Gasteiger partial charge on any atom is 0.324 e.